The van der Waals surface area contributed by atoms with Gasteiger partial charge in [-0.05, 0) is 31.0 Å². The van der Waals surface area contributed by atoms with E-state index in [9.17, 15) is 0 Å². The zero-order valence-electron chi connectivity index (χ0n) is 13.2. The van der Waals surface area contributed by atoms with Crippen molar-refractivity contribution in [1.29, 1.82) is 5.41 Å². The Kier molecular flexibility index (Phi) is 6.40. The highest BCUT2D eigenvalue weighted by atomic mass is 16.3. The second-order valence-corrected chi connectivity index (χ2v) is 4.38. The number of hydrogen-bond acceptors (Lipinski definition) is 4. The molecule has 0 fully saturated rings. The van der Waals surface area contributed by atoms with E-state index in [0.717, 1.165) is 28.1 Å². The van der Waals surface area contributed by atoms with Gasteiger partial charge in [-0.2, -0.15) is 0 Å². The van der Waals surface area contributed by atoms with Gasteiger partial charge < -0.3 is 15.1 Å². The predicted octanol–water partition coefficient (Wildman–Crippen LogP) is 4.65. The molecule has 0 saturated heterocycles. The normalized spacial score (nSPS) is 9.52. The first-order valence-corrected chi connectivity index (χ1v) is 7.06. The Balaban J connectivity index is 0.00000106. The molecule has 0 bridgehead atoms. The van der Waals surface area contributed by atoms with Gasteiger partial charge in [-0.1, -0.05) is 26.5 Å². The summed E-state index contributed by atoms with van der Waals surface area (Å²) in [5, 5.41) is 11.2. The van der Waals surface area contributed by atoms with E-state index >= 15 is 0 Å². The summed E-state index contributed by atoms with van der Waals surface area (Å²) in [6, 6.07) is 1.90. The van der Waals surface area contributed by atoms with Crippen molar-refractivity contribution in [3.05, 3.63) is 53.6 Å². The van der Waals surface area contributed by atoms with Crippen LogP contribution >= 0.6 is 0 Å². The molecule has 112 valence electrons. The molecule has 2 aromatic heterocycles. The van der Waals surface area contributed by atoms with E-state index in [4.69, 9.17) is 9.83 Å². The van der Waals surface area contributed by atoms with E-state index in [1.807, 2.05) is 26.8 Å². The van der Waals surface area contributed by atoms with Gasteiger partial charge >= 0.3 is 0 Å². The molecule has 4 heteroatoms. The maximum atomic E-state index is 7.91. The third-order valence-electron chi connectivity index (χ3n) is 3.01. The van der Waals surface area contributed by atoms with Crippen LogP contribution in [-0.2, 0) is 6.54 Å². The first-order chi connectivity index (χ1) is 10.1. The summed E-state index contributed by atoms with van der Waals surface area (Å²) in [7, 11) is 0. The van der Waals surface area contributed by atoms with Crippen LogP contribution in [0.1, 0.15) is 43.0 Å². The van der Waals surface area contributed by atoms with Crippen molar-refractivity contribution >= 4 is 17.6 Å². The first kappa shape index (κ1) is 16.7. The third-order valence-corrected chi connectivity index (χ3v) is 3.01. The summed E-state index contributed by atoms with van der Waals surface area (Å²) < 4.78 is 5.02. The topological polar surface area (TPSA) is 61.9 Å². The summed E-state index contributed by atoms with van der Waals surface area (Å²) in [5.41, 5.74) is 4.34. The maximum Gasteiger partial charge on any atom is 0.135 e. The van der Waals surface area contributed by atoms with Crippen LogP contribution in [0, 0.1) is 12.3 Å². The van der Waals surface area contributed by atoms with Crippen LogP contribution < -0.4 is 5.32 Å². The molecule has 2 N–H and O–H groups in total. The standard InChI is InChI=1S/C15H17N3O.C2H6/c1-4-13-8-18-15(14(10(13)2)11(3)16)17-7-12-5-6-19-9-12;1-2/h4-6,8-9,16H,1,7H2,2-3H3,(H,17,18);1-2H3. The minimum Gasteiger partial charge on any atom is -0.472 e. The highest BCUT2D eigenvalue weighted by Gasteiger charge is 2.12. The zero-order chi connectivity index (χ0) is 15.8. The molecule has 0 radical (unpaired) electrons. The van der Waals surface area contributed by atoms with Crippen LogP contribution in [0.2, 0.25) is 0 Å². The molecule has 0 saturated carbocycles. The van der Waals surface area contributed by atoms with E-state index in [1.54, 1.807) is 31.7 Å². The van der Waals surface area contributed by atoms with Gasteiger partial charge in [0.2, 0.25) is 0 Å². The summed E-state index contributed by atoms with van der Waals surface area (Å²) in [4.78, 5) is 4.38. The number of nitrogens with zero attached hydrogens (tertiary/aromatic N) is 1. The molecule has 2 rings (SSSR count). The number of rotatable bonds is 5. The average Bonchev–Trinajstić information content (AvgIpc) is 3.00. The molecular formula is C17H23N3O. The lowest BCUT2D eigenvalue weighted by Crippen LogP contribution is -2.09. The molecule has 2 heterocycles. The van der Waals surface area contributed by atoms with Gasteiger partial charge in [-0.3, -0.25) is 0 Å². The molecule has 0 unspecified atom stereocenters. The highest BCUT2D eigenvalue weighted by Crippen LogP contribution is 2.22. The van der Waals surface area contributed by atoms with Gasteiger partial charge in [0.05, 0.1) is 12.5 Å². The van der Waals surface area contributed by atoms with Crippen molar-refractivity contribution < 1.29 is 4.42 Å². The lowest BCUT2D eigenvalue weighted by atomic mass is 10.0. The quantitative estimate of drug-likeness (QED) is 0.786. The molecule has 4 nitrogen and oxygen atoms in total. The minimum atomic E-state index is 0.489. The van der Waals surface area contributed by atoms with Gasteiger partial charge in [0.15, 0.2) is 0 Å². The molecule has 0 aliphatic carbocycles. The monoisotopic (exact) mass is 285 g/mol. The fourth-order valence-corrected chi connectivity index (χ4v) is 2.00. The lowest BCUT2D eigenvalue weighted by Gasteiger charge is -2.14. The van der Waals surface area contributed by atoms with Gasteiger partial charge in [0.1, 0.15) is 5.82 Å². The van der Waals surface area contributed by atoms with E-state index in [0.29, 0.717) is 12.3 Å². The van der Waals surface area contributed by atoms with Crippen LogP contribution in [0.15, 0.2) is 35.8 Å². The van der Waals surface area contributed by atoms with Gasteiger partial charge in [-0.15, -0.1) is 0 Å². The summed E-state index contributed by atoms with van der Waals surface area (Å²) >= 11 is 0. The van der Waals surface area contributed by atoms with Gasteiger partial charge in [-0.25, -0.2) is 4.98 Å². The van der Waals surface area contributed by atoms with Crippen molar-refractivity contribution in [3.63, 3.8) is 0 Å². The molecule has 0 spiro atoms. The number of nitrogens with one attached hydrogen (secondary N) is 2. The average molecular weight is 285 g/mol. The number of furan rings is 1. The fraction of sp³-hybridized carbons (Fsp3) is 0.294. The van der Waals surface area contributed by atoms with Crippen LogP contribution in [0.5, 0.6) is 0 Å². The van der Waals surface area contributed by atoms with Crippen LogP contribution in [-0.4, -0.2) is 10.7 Å². The van der Waals surface area contributed by atoms with Crippen molar-refractivity contribution in [2.45, 2.75) is 34.2 Å². The predicted molar refractivity (Wildman–Crippen MR) is 89.0 cm³/mol. The number of aromatic nitrogens is 1. The van der Waals surface area contributed by atoms with E-state index in [1.165, 1.54) is 0 Å². The molecule has 0 aliphatic rings. The Labute approximate surface area is 126 Å². The summed E-state index contributed by atoms with van der Waals surface area (Å²) in [5.74, 6) is 0.719. The third kappa shape index (κ3) is 4.05. The van der Waals surface area contributed by atoms with E-state index < -0.39 is 0 Å². The molecule has 0 aliphatic heterocycles. The second kappa shape index (κ2) is 8.04. The molecule has 0 atom stereocenters. The Bertz CT molecular complexity index is 601. The van der Waals surface area contributed by atoms with Gasteiger partial charge in [0, 0.05) is 29.6 Å². The molecule has 0 amide bonds. The largest absolute Gasteiger partial charge is 0.472 e. The Hall–Kier alpha value is -2.36. The molecule has 2 aromatic rings. The maximum absolute atomic E-state index is 7.91. The fourth-order valence-electron chi connectivity index (χ4n) is 2.00. The van der Waals surface area contributed by atoms with Crippen LogP contribution in [0.3, 0.4) is 0 Å². The van der Waals surface area contributed by atoms with Crippen LogP contribution in [0.25, 0.3) is 6.08 Å². The Morgan fingerprint density at radius 2 is 2.19 bits per heavy atom. The summed E-state index contributed by atoms with van der Waals surface area (Å²) in [6.07, 6.45) is 6.86. The van der Waals surface area contributed by atoms with Crippen molar-refractivity contribution in [1.82, 2.24) is 4.98 Å². The second-order valence-electron chi connectivity index (χ2n) is 4.38. The van der Waals surface area contributed by atoms with E-state index in [-0.39, 0.29) is 0 Å². The zero-order valence-corrected chi connectivity index (χ0v) is 13.2. The number of anilines is 1. The molecular weight excluding hydrogens is 262 g/mol. The Morgan fingerprint density at radius 1 is 1.48 bits per heavy atom. The molecule has 0 aromatic carbocycles. The van der Waals surface area contributed by atoms with Crippen molar-refractivity contribution in [2.24, 2.45) is 0 Å². The van der Waals surface area contributed by atoms with Crippen LogP contribution in [0.4, 0.5) is 5.82 Å². The van der Waals surface area contributed by atoms with Crippen molar-refractivity contribution in [3.8, 4) is 0 Å². The summed E-state index contributed by atoms with van der Waals surface area (Å²) in [6.45, 7) is 12.1. The number of hydrogen-bond donors (Lipinski definition) is 2. The smallest absolute Gasteiger partial charge is 0.135 e. The molecule has 21 heavy (non-hydrogen) atoms. The lowest BCUT2D eigenvalue weighted by molar-refractivity contribution is 0.564. The highest BCUT2D eigenvalue weighted by molar-refractivity contribution is 6.02. The van der Waals surface area contributed by atoms with Crippen molar-refractivity contribution in [2.75, 3.05) is 5.32 Å². The minimum absolute atomic E-state index is 0.489. The SMILES string of the molecule is C=Cc1cnc(NCc2ccoc2)c(C(C)=N)c1C.CC. The number of pyridine rings is 1. The van der Waals surface area contributed by atoms with E-state index in [2.05, 4.69) is 16.9 Å². The Morgan fingerprint density at radius 3 is 2.71 bits per heavy atom. The first-order valence-electron chi connectivity index (χ1n) is 7.06. The van der Waals surface area contributed by atoms with Gasteiger partial charge in [0.25, 0.3) is 0 Å².